The molecule has 0 spiro atoms. The summed E-state index contributed by atoms with van der Waals surface area (Å²) in [5, 5.41) is 0. The molecule has 1 aromatic rings. The maximum absolute atomic E-state index is 12.0. The Labute approximate surface area is 128 Å². The lowest BCUT2D eigenvalue weighted by Crippen LogP contribution is -2.39. The first-order chi connectivity index (χ1) is 10.3. The second kappa shape index (κ2) is 8.83. The first-order valence-corrected chi connectivity index (χ1v) is 8.19. The van der Waals surface area contributed by atoms with Crippen LogP contribution >= 0.6 is 0 Å². The number of ether oxygens (including phenoxy) is 1. The molecular weight excluding hydrogens is 262 g/mol. The van der Waals surface area contributed by atoms with Crippen LogP contribution in [0.4, 0.5) is 0 Å². The van der Waals surface area contributed by atoms with Crippen LogP contribution in [0.1, 0.15) is 44.6 Å². The maximum Gasteiger partial charge on any atom is 0.222 e. The lowest BCUT2D eigenvalue weighted by molar-refractivity contribution is -0.133. The van der Waals surface area contributed by atoms with E-state index in [0.29, 0.717) is 24.9 Å². The molecular formula is C18H27NO2. The molecule has 21 heavy (non-hydrogen) atoms. The Hall–Kier alpha value is -1.35. The van der Waals surface area contributed by atoms with Crippen molar-refractivity contribution < 1.29 is 9.53 Å². The second-order valence-corrected chi connectivity index (χ2v) is 5.93. The Morgan fingerprint density at radius 3 is 2.62 bits per heavy atom. The summed E-state index contributed by atoms with van der Waals surface area (Å²) in [6.45, 7) is 5.44. The van der Waals surface area contributed by atoms with Gasteiger partial charge in [0.25, 0.3) is 0 Å². The van der Waals surface area contributed by atoms with Crippen molar-refractivity contribution in [1.29, 1.82) is 0 Å². The molecule has 1 aliphatic heterocycles. The zero-order valence-electron chi connectivity index (χ0n) is 13.1. The highest BCUT2D eigenvalue weighted by atomic mass is 16.5. The van der Waals surface area contributed by atoms with Crippen molar-refractivity contribution >= 4 is 5.91 Å². The topological polar surface area (TPSA) is 29.5 Å². The zero-order chi connectivity index (χ0) is 14.9. The molecule has 0 atom stereocenters. The fourth-order valence-corrected chi connectivity index (χ4v) is 2.75. The lowest BCUT2D eigenvalue weighted by atomic mass is 9.97. The summed E-state index contributed by atoms with van der Waals surface area (Å²) < 4.78 is 5.82. The van der Waals surface area contributed by atoms with Crippen LogP contribution in [0.3, 0.4) is 0 Å². The third kappa shape index (κ3) is 5.50. The molecule has 0 radical (unpaired) electrons. The number of rotatable bonds is 7. The average Bonchev–Trinajstić information content (AvgIpc) is 2.54. The molecule has 116 valence electrons. The van der Waals surface area contributed by atoms with Crippen LogP contribution in [0.5, 0.6) is 0 Å². The molecule has 3 heteroatoms. The van der Waals surface area contributed by atoms with Gasteiger partial charge < -0.3 is 9.64 Å². The first kappa shape index (κ1) is 16.0. The van der Waals surface area contributed by atoms with Gasteiger partial charge in [0.05, 0.1) is 6.61 Å². The normalized spacial score (nSPS) is 16.1. The first-order valence-electron chi connectivity index (χ1n) is 8.19. The van der Waals surface area contributed by atoms with Crippen LogP contribution in [0.25, 0.3) is 0 Å². The summed E-state index contributed by atoms with van der Waals surface area (Å²) in [5.74, 6) is 0.935. The van der Waals surface area contributed by atoms with Crippen LogP contribution in [0.15, 0.2) is 30.3 Å². The minimum absolute atomic E-state index is 0.334. The number of hydrogen-bond acceptors (Lipinski definition) is 2. The van der Waals surface area contributed by atoms with E-state index in [1.165, 1.54) is 5.56 Å². The van der Waals surface area contributed by atoms with Crippen molar-refractivity contribution in [2.75, 3.05) is 19.7 Å². The van der Waals surface area contributed by atoms with Crippen molar-refractivity contribution in [2.24, 2.45) is 5.92 Å². The third-order valence-electron chi connectivity index (χ3n) is 4.18. The Bertz CT molecular complexity index is 410. The number of piperidine rings is 1. The van der Waals surface area contributed by atoms with Gasteiger partial charge >= 0.3 is 0 Å². The monoisotopic (exact) mass is 289 g/mol. The molecule has 1 aromatic carbocycles. The van der Waals surface area contributed by atoms with Gasteiger partial charge in [-0.1, -0.05) is 43.7 Å². The van der Waals surface area contributed by atoms with E-state index >= 15 is 0 Å². The van der Waals surface area contributed by atoms with Gasteiger partial charge in [-0.05, 0) is 30.7 Å². The van der Waals surface area contributed by atoms with Gasteiger partial charge in [0, 0.05) is 26.1 Å². The number of unbranched alkanes of at least 4 members (excludes halogenated alkanes) is 1. The maximum atomic E-state index is 12.0. The largest absolute Gasteiger partial charge is 0.376 e. The average molecular weight is 289 g/mol. The Morgan fingerprint density at radius 1 is 1.24 bits per heavy atom. The molecule has 0 aliphatic carbocycles. The molecule has 2 rings (SSSR count). The van der Waals surface area contributed by atoms with Crippen molar-refractivity contribution in [3.8, 4) is 0 Å². The molecule has 0 bridgehead atoms. The molecule has 1 amide bonds. The number of nitrogens with zero attached hydrogens (tertiary/aromatic N) is 1. The van der Waals surface area contributed by atoms with E-state index < -0.39 is 0 Å². The van der Waals surface area contributed by atoms with Crippen LogP contribution in [0, 0.1) is 5.92 Å². The summed E-state index contributed by atoms with van der Waals surface area (Å²) in [6, 6.07) is 10.3. The Morgan fingerprint density at radius 2 is 1.95 bits per heavy atom. The van der Waals surface area contributed by atoms with Crippen LogP contribution < -0.4 is 0 Å². The van der Waals surface area contributed by atoms with E-state index in [4.69, 9.17) is 4.74 Å². The van der Waals surface area contributed by atoms with Crippen molar-refractivity contribution in [3.05, 3.63) is 35.9 Å². The highest BCUT2D eigenvalue weighted by Crippen LogP contribution is 2.19. The fraction of sp³-hybridized carbons (Fsp3) is 0.611. The molecule has 1 fully saturated rings. The smallest absolute Gasteiger partial charge is 0.222 e. The van der Waals surface area contributed by atoms with Gasteiger partial charge in [-0.15, -0.1) is 0 Å². The minimum Gasteiger partial charge on any atom is -0.376 e. The molecule has 1 aliphatic rings. The summed E-state index contributed by atoms with van der Waals surface area (Å²) in [5.41, 5.74) is 1.23. The van der Waals surface area contributed by atoms with E-state index in [9.17, 15) is 4.79 Å². The van der Waals surface area contributed by atoms with E-state index in [2.05, 4.69) is 19.1 Å². The van der Waals surface area contributed by atoms with Crippen LogP contribution in [0.2, 0.25) is 0 Å². The number of carbonyl (C=O) groups excluding carboxylic acids is 1. The highest BCUT2D eigenvalue weighted by Gasteiger charge is 2.22. The predicted octanol–water partition coefficient (Wildman–Crippen LogP) is 3.63. The number of likely N-dealkylation sites (tertiary alicyclic amines) is 1. The molecule has 0 aromatic heterocycles. The number of amides is 1. The molecule has 0 N–H and O–H groups in total. The lowest BCUT2D eigenvalue weighted by Gasteiger charge is -2.32. The second-order valence-electron chi connectivity index (χ2n) is 5.93. The van der Waals surface area contributed by atoms with Gasteiger partial charge in [0.1, 0.15) is 0 Å². The molecule has 0 saturated carbocycles. The SMILES string of the molecule is CCCCC(=O)N1CCC(COCc2ccccc2)CC1. The van der Waals surface area contributed by atoms with Gasteiger partial charge in [-0.3, -0.25) is 4.79 Å². The van der Waals surface area contributed by atoms with Gasteiger partial charge in [-0.25, -0.2) is 0 Å². The summed E-state index contributed by atoms with van der Waals surface area (Å²) in [4.78, 5) is 14.0. The van der Waals surface area contributed by atoms with E-state index in [-0.39, 0.29) is 0 Å². The molecule has 0 unspecified atom stereocenters. The fourth-order valence-electron chi connectivity index (χ4n) is 2.75. The van der Waals surface area contributed by atoms with E-state index in [1.807, 2.05) is 23.1 Å². The van der Waals surface area contributed by atoms with Crippen molar-refractivity contribution in [2.45, 2.75) is 45.6 Å². The Kier molecular flexibility index (Phi) is 6.74. The van der Waals surface area contributed by atoms with Crippen molar-refractivity contribution in [1.82, 2.24) is 4.90 Å². The van der Waals surface area contributed by atoms with E-state index in [0.717, 1.165) is 45.4 Å². The van der Waals surface area contributed by atoms with Gasteiger partial charge in [0.2, 0.25) is 5.91 Å². The summed E-state index contributed by atoms with van der Waals surface area (Å²) >= 11 is 0. The van der Waals surface area contributed by atoms with Gasteiger partial charge in [0.15, 0.2) is 0 Å². The zero-order valence-corrected chi connectivity index (χ0v) is 13.1. The number of hydrogen-bond donors (Lipinski definition) is 0. The third-order valence-corrected chi connectivity index (χ3v) is 4.18. The van der Waals surface area contributed by atoms with E-state index in [1.54, 1.807) is 0 Å². The number of carbonyl (C=O) groups is 1. The minimum atomic E-state index is 0.334. The Balaban J connectivity index is 1.62. The van der Waals surface area contributed by atoms with Gasteiger partial charge in [-0.2, -0.15) is 0 Å². The highest BCUT2D eigenvalue weighted by molar-refractivity contribution is 5.76. The molecule has 1 heterocycles. The predicted molar refractivity (Wildman–Crippen MR) is 84.9 cm³/mol. The van der Waals surface area contributed by atoms with Crippen LogP contribution in [-0.4, -0.2) is 30.5 Å². The number of benzene rings is 1. The standard InChI is InChI=1S/C18H27NO2/c1-2-3-9-18(20)19-12-10-17(11-13-19)15-21-14-16-7-5-4-6-8-16/h4-8,17H,2-3,9-15H2,1H3. The molecule has 3 nitrogen and oxygen atoms in total. The summed E-state index contributed by atoms with van der Waals surface area (Å²) in [7, 11) is 0. The quantitative estimate of drug-likeness (QED) is 0.767. The molecule has 1 saturated heterocycles. The summed E-state index contributed by atoms with van der Waals surface area (Å²) in [6.07, 6.45) is 4.97. The van der Waals surface area contributed by atoms with Crippen LogP contribution in [-0.2, 0) is 16.1 Å². The van der Waals surface area contributed by atoms with Crippen molar-refractivity contribution in [3.63, 3.8) is 0 Å².